The van der Waals surface area contributed by atoms with Crippen molar-refractivity contribution in [1.82, 2.24) is 4.90 Å². The molecule has 1 saturated heterocycles. The quantitative estimate of drug-likeness (QED) is 0.891. The Balaban J connectivity index is 1.94. The van der Waals surface area contributed by atoms with Crippen molar-refractivity contribution in [2.24, 2.45) is 5.92 Å². The van der Waals surface area contributed by atoms with Gasteiger partial charge in [-0.3, -0.25) is 0 Å². The zero-order valence-corrected chi connectivity index (χ0v) is 13.3. The predicted octanol–water partition coefficient (Wildman–Crippen LogP) is 4.24. The number of hydrogen-bond acceptors (Lipinski definition) is 2. The van der Waals surface area contributed by atoms with Gasteiger partial charge in [0.15, 0.2) is 0 Å². The summed E-state index contributed by atoms with van der Waals surface area (Å²) in [5.74, 6) is 0.760. The molecule has 1 aliphatic heterocycles. The lowest BCUT2D eigenvalue weighted by atomic mass is 9.90. The van der Waals surface area contributed by atoms with E-state index < -0.39 is 0 Å². The maximum atomic E-state index is 6.00. The lowest BCUT2D eigenvalue weighted by molar-refractivity contribution is 0.208. The molecule has 2 rings (SSSR count). The second-order valence-corrected chi connectivity index (χ2v) is 6.46. The van der Waals surface area contributed by atoms with Crippen LogP contribution in [0.5, 0.6) is 0 Å². The van der Waals surface area contributed by atoms with Crippen LogP contribution >= 0.6 is 27.5 Å². The summed E-state index contributed by atoms with van der Waals surface area (Å²) in [6, 6.07) is 6.52. The molecule has 1 aromatic carbocycles. The Labute approximate surface area is 123 Å². The first kappa shape index (κ1) is 14.2. The van der Waals surface area contributed by atoms with E-state index in [1.165, 1.54) is 25.9 Å². The number of piperidine rings is 1. The Hall–Kier alpha value is -0.250. The van der Waals surface area contributed by atoms with Crippen molar-refractivity contribution >= 4 is 33.2 Å². The molecule has 1 atom stereocenters. The normalized spacial score (nSPS) is 19.8. The number of hydrogen-bond donors (Lipinski definition) is 1. The van der Waals surface area contributed by atoms with E-state index in [1.807, 2.05) is 18.2 Å². The molecular weight excluding hydrogens is 312 g/mol. The van der Waals surface area contributed by atoms with Gasteiger partial charge in [0, 0.05) is 16.2 Å². The molecule has 1 unspecified atom stereocenters. The van der Waals surface area contributed by atoms with Crippen LogP contribution in [0.1, 0.15) is 19.8 Å². The van der Waals surface area contributed by atoms with Crippen LogP contribution in [-0.2, 0) is 0 Å². The van der Waals surface area contributed by atoms with Gasteiger partial charge in [-0.2, -0.15) is 0 Å². The van der Waals surface area contributed by atoms with Crippen molar-refractivity contribution in [3.63, 3.8) is 0 Å². The molecule has 0 spiro atoms. The van der Waals surface area contributed by atoms with Crippen LogP contribution < -0.4 is 5.32 Å². The van der Waals surface area contributed by atoms with E-state index in [-0.39, 0.29) is 0 Å². The minimum absolute atomic E-state index is 0.506. The Morgan fingerprint density at radius 3 is 2.67 bits per heavy atom. The van der Waals surface area contributed by atoms with E-state index in [0.717, 1.165) is 21.1 Å². The summed E-state index contributed by atoms with van der Waals surface area (Å²) in [4.78, 5) is 2.40. The minimum Gasteiger partial charge on any atom is -0.382 e. The molecule has 2 nitrogen and oxygen atoms in total. The SMILES string of the molecule is CC(Nc1ccc(Cl)c(Br)c1)C1CCN(C)CC1. The lowest BCUT2D eigenvalue weighted by Crippen LogP contribution is -2.37. The molecule has 0 radical (unpaired) electrons. The third-order valence-corrected chi connectivity index (χ3v) is 5.00. The Kier molecular flexibility index (Phi) is 4.93. The van der Waals surface area contributed by atoms with Gasteiger partial charge >= 0.3 is 0 Å². The highest BCUT2D eigenvalue weighted by molar-refractivity contribution is 9.10. The van der Waals surface area contributed by atoms with Gasteiger partial charge in [-0.05, 0) is 79.9 Å². The van der Waals surface area contributed by atoms with Crippen molar-refractivity contribution in [3.8, 4) is 0 Å². The fourth-order valence-electron chi connectivity index (χ4n) is 2.50. The molecule has 100 valence electrons. The van der Waals surface area contributed by atoms with Gasteiger partial charge in [-0.15, -0.1) is 0 Å². The summed E-state index contributed by atoms with van der Waals surface area (Å²) >= 11 is 9.46. The summed E-state index contributed by atoms with van der Waals surface area (Å²) in [6.07, 6.45) is 2.55. The standard InChI is InChI=1S/C14H20BrClN2/c1-10(11-5-7-18(2)8-6-11)17-12-3-4-14(16)13(15)9-12/h3-4,9-11,17H,5-8H2,1-2H3. The van der Waals surface area contributed by atoms with Crippen LogP contribution in [0.3, 0.4) is 0 Å². The van der Waals surface area contributed by atoms with Crippen molar-refractivity contribution in [1.29, 1.82) is 0 Å². The highest BCUT2D eigenvalue weighted by Crippen LogP contribution is 2.28. The first-order valence-corrected chi connectivity index (χ1v) is 7.63. The Morgan fingerprint density at radius 2 is 2.06 bits per heavy atom. The third kappa shape index (κ3) is 3.62. The molecule has 1 aromatic rings. The van der Waals surface area contributed by atoms with E-state index in [2.05, 4.69) is 40.1 Å². The van der Waals surface area contributed by atoms with E-state index >= 15 is 0 Å². The molecule has 0 bridgehead atoms. The highest BCUT2D eigenvalue weighted by Gasteiger charge is 2.22. The summed E-state index contributed by atoms with van der Waals surface area (Å²) in [5, 5.41) is 4.34. The van der Waals surface area contributed by atoms with Crippen LogP contribution in [0.4, 0.5) is 5.69 Å². The van der Waals surface area contributed by atoms with E-state index in [1.54, 1.807) is 0 Å². The minimum atomic E-state index is 0.506. The summed E-state index contributed by atoms with van der Waals surface area (Å²) in [7, 11) is 2.20. The van der Waals surface area contributed by atoms with E-state index in [4.69, 9.17) is 11.6 Å². The van der Waals surface area contributed by atoms with E-state index in [0.29, 0.717) is 6.04 Å². The summed E-state index contributed by atoms with van der Waals surface area (Å²) in [5.41, 5.74) is 1.14. The van der Waals surface area contributed by atoms with Crippen LogP contribution in [0.15, 0.2) is 22.7 Å². The number of halogens is 2. The second-order valence-electron chi connectivity index (χ2n) is 5.20. The van der Waals surface area contributed by atoms with Gasteiger partial charge in [-0.1, -0.05) is 11.6 Å². The zero-order chi connectivity index (χ0) is 13.1. The van der Waals surface area contributed by atoms with Gasteiger partial charge in [0.1, 0.15) is 0 Å². The lowest BCUT2D eigenvalue weighted by Gasteiger charge is -2.33. The monoisotopic (exact) mass is 330 g/mol. The van der Waals surface area contributed by atoms with Crippen molar-refractivity contribution < 1.29 is 0 Å². The van der Waals surface area contributed by atoms with Crippen molar-refractivity contribution in [3.05, 3.63) is 27.7 Å². The summed E-state index contributed by atoms with van der Waals surface area (Å²) < 4.78 is 0.949. The van der Waals surface area contributed by atoms with Crippen LogP contribution in [-0.4, -0.2) is 31.1 Å². The number of benzene rings is 1. The van der Waals surface area contributed by atoms with Gasteiger partial charge in [0.05, 0.1) is 5.02 Å². The van der Waals surface area contributed by atoms with E-state index in [9.17, 15) is 0 Å². The van der Waals surface area contributed by atoms with Crippen LogP contribution in [0, 0.1) is 5.92 Å². The smallest absolute Gasteiger partial charge is 0.0549 e. The van der Waals surface area contributed by atoms with Crippen LogP contribution in [0.25, 0.3) is 0 Å². The molecule has 0 amide bonds. The van der Waals surface area contributed by atoms with Gasteiger partial charge in [0.2, 0.25) is 0 Å². The highest BCUT2D eigenvalue weighted by atomic mass is 79.9. The number of rotatable bonds is 3. The fraction of sp³-hybridized carbons (Fsp3) is 0.571. The molecular formula is C14H20BrClN2. The third-order valence-electron chi connectivity index (χ3n) is 3.78. The predicted molar refractivity (Wildman–Crippen MR) is 82.5 cm³/mol. The van der Waals surface area contributed by atoms with Crippen molar-refractivity contribution in [2.45, 2.75) is 25.8 Å². The van der Waals surface area contributed by atoms with Crippen LogP contribution in [0.2, 0.25) is 5.02 Å². The number of likely N-dealkylation sites (tertiary alicyclic amines) is 1. The zero-order valence-electron chi connectivity index (χ0n) is 10.9. The first-order chi connectivity index (χ1) is 8.56. The first-order valence-electron chi connectivity index (χ1n) is 6.46. The average molecular weight is 332 g/mol. The Morgan fingerprint density at radius 1 is 1.39 bits per heavy atom. The molecule has 0 saturated carbocycles. The molecule has 0 aliphatic carbocycles. The second kappa shape index (κ2) is 6.27. The average Bonchev–Trinajstić information content (AvgIpc) is 2.34. The maximum Gasteiger partial charge on any atom is 0.0549 e. The topological polar surface area (TPSA) is 15.3 Å². The molecule has 4 heteroatoms. The summed E-state index contributed by atoms with van der Waals surface area (Å²) in [6.45, 7) is 4.69. The van der Waals surface area contributed by atoms with Gasteiger partial charge < -0.3 is 10.2 Å². The fourth-order valence-corrected chi connectivity index (χ4v) is 2.99. The molecule has 18 heavy (non-hydrogen) atoms. The maximum absolute atomic E-state index is 6.00. The number of nitrogens with zero attached hydrogens (tertiary/aromatic N) is 1. The molecule has 1 aliphatic rings. The van der Waals surface area contributed by atoms with Gasteiger partial charge in [0.25, 0.3) is 0 Å². The number of anilines is 1. The van der Waals surface area contributed by atoms with Crippen molar-refractivity contribution in [2.75, 3.05) is 25.5 Å². The number of nitrogens with one attached hydrogen (secondary N) is 1. The Bertz CT molecular complexity index is 403. The largest absolute Gasteiger partial charge is 0.382 e. The van der Waals surface area contributed by atoms with Gasteiger partial charge in [-0.25, -0.2) is 0 Å². The molecule has 1 heterocycles. The molecule has 1 fully saturated rings. The molecule has 1 N–H and O–H groups in total. The molecule has 0 aromatic heterocycles.